The molecule has 154 valence electrons. The smallest absolute Gasteiger partial charge is 0.148 e. The molecule has 29 heavy (non-hydrogen) atoms. The number of pyridine rings is 1. The monoisotopic (exact) mass is 394 g/mol. The van der Waals surface area contributed by atoms with Crippen LogP contribution in [0.3, 0.4) is 0 Å². The van der Waals surface area contributed by atoms with E-state index in [4.69, 9.17) is 15.3 Å². The fourth-order valence-corrected chi connectivity index (χ4v) is 3.18. The standard InChI is InChI=1S/C23H30N4O2/c1-23(2)10-9-19(28-15-23)13-25-14-20(27-24)22-21(29-18-7-8-18)11-17(12-26-22)6-5-16-3-4-16/h11-12,14,16,18-19H,3-4,7-10,13,15,24H2,1-2H3/b25-14?,27-20+. The maximum absolute atomic E-state index is 6.07. The Labute approximate surface area is 173 Å². The van der Waals surface area contributed by atoms with Gasteiger partial charge in [0.15, 0.2) is 0 Å². The fraction of sp³-hybridized carbons (Fsp3) is 0.609. The summed E-state index contributed by atoms with van der Waals surface area (Å²) in [5.41, 5.74) is 2.25. The molecule has 0 amide bonds. The van der Waals surface area contributed by atoms with Gasteiger partial charge >= 0.3 is 0 Å². The van der Waals surface area contributed by atoms with Crippen molar-refractivity contribution in [1.82, 2.24) is 4.98 Å². The summed E-state index contributed by atoms with van der Waals surface area (Å²) in [6, 6.07) is 1.95. The summed E-state index contributed by atoms with van der Waals surface area (Å²) >= 11 is 0. The van der Waals surface area contributed by atoms with Crippen molar-refractivity contribution in [3.05, 3.63) is 23.5 Å². The van der Waals surface area contributed by atoms with Gasteiger partial charge in [0.05, 0.1) is 31.6 Å². The number of rotatable bonds is 6. The molecule has 1 atom stereocenters. The minimum atomic E-state index is 0.147. The molecule has 3 fully saturated rings. The topological polar surface area (TPSA) is 82.1 Å². The minimum absolute atomic E-state index is 0.147. The molecule has 1 aromatic heterocycles. The van der Waals surface area contributed by atoms with Crippen LogP contribution in [0.15, 0.2) is 22.4 Å². The van der Waals surface area contributed by atoms with Crippen LogP contribution in [0.5, 0.6) is 5.75 Å². The maximum Gasteiger partial charge on any atom is 0.148 e. The van der Waals surface area contributed by atoms with Crippen molar-refractivity contribution in [3.63, 3.8) is 0 Å². The normalized spacial score (nSPS) is 24.2. The molecule has 3 aliphatic rings. The molecule has 6 heteroatoms. The van der Waals surface area contributed by atoms with E-state index in [0.717, 1.165) is 37.9 Å². The van der Waals surface area contributed by atoms with Gasteiger partial charge in [0.1, 0.15) is 17.2 Å². The molecule has 4 rings (SSSR count). The van der Waals surface area contributed by atoms with Crippen LogP contribution < -0.4 is 10.6 Å². The SMILES string of the molecule is CC1(C)CCC(CN=C/C(=N\N)c2ncc(C#CC3CC3)cc2OC2CC2)OC1. The Hall–Kier alpha value is -2.39. The number of hydrogen-bond donors (Lipinski definition) is 1. The van der Waals surface area contributed by atoms with Crippen molar-refractivity contribution < 1.29 is 9.47 Å². The van der Waals surface area contributed by atoms with Crippen molar-refractivity contribution in [3.8, 4) is 17.6 Å². The summed E-state index contributed by atoms with van der Waals surface area (Å²) in [6.45, 7) is 5.84. The van der Waals surface area contributed by atoms with Crippen LogP contribution >= 0.6 is 0 Å². The zero-order valence-electron chi connectivity index (χ0n) is 17.4. The number of aromatic nitrogens is 1. The molecule has 2 aliphatic carbocycles. The highest BCUT2D eigenvalue weighted by Crippen LogP contribution is 2.31. The Kier molecular flexibility index (Phi) is 5.86. The molecular formula is C23H30N4O2. The van der Waals surface area contributed by atoms with E-state index in [1.165, 1.54) is 12.8 Å². The Morgan fingerprint density at radius 1 is 1.34 bits per heavy atom. The second kappa shape index (κ2) is 8.54. The van der Waals surface area contributed by atoms with Crippen LogP contribution in [-0.2, 0) is 4.74 Å². The van der Waals surface area contributed by atoms with Gasteiger partial charge in [0.25, 0.3) is 0 Å². The van der Waals surface area contributed by atoms with Gasteiger partial charge in [-0.3, -0.25) is 4.99 Å². The Balaban J connectivity index is 1.45. The molecule has 0 spiro atoms. The molecule has 0 bridgehead atoms. The highest BCUT2D eigenvalue weighted by atomic mass is 16.5. The number of nitrogens with zero attached hydrogens (tertiary/aromatic N) is 3. The second-order valence-corrected chi connectivity index (χ2v) is 9.08. The first kappa shape index (κ1) is 19.9. The van der Waals surface area contributed by atoms with E-state index in [9.17, 15) is 0 Å². The third-order valence-electron chi connectivity index (χ3n) is 5.43. The Morgan fingerprint density at radius 3 is 2.83 bits per heavy atom. The highest BCUT2D eigenvalue weighted by molar-refractivity contribution is 6.38. The van der Waals surface area contributed by atoms with E-state index in [0.29, 0.717) is 29.6 Å². The van der Waals surface area contributed by atoms with Crippen LogP contribution in [0.2, 0.25) is 0 Å². The van der Waals surface area contributed by atoms with Crippen molar-refractivity contribution in [2.75, 3.05) is 13.2 Å². The molecule has 2 heterocycles. The molecule has 1 unspecified atom stereocenters. The zero-order valence-corrected chi connectivity index (χ0v) is 17.4. The average Bonchev–Trinajstić information content (AvgIpc) is 3.61. The number of hydrazone groups is 1. The number of hydrogen-bond acceptors (Lipinski definition) is 6. The summed E-state index contributed by atoms with van der Waals surface area (Å²) in [5.74, 6) is 13.4. The van der Waals surface area contributed by atoms with E-state index in [1.807, 2.05) is 6.07 Å². The third kappa shape index (κ3) is 5.80. The molecule has 0 aromatic carbocycles. The molecule has 1 aromatic rings. The van der Waals surface area contributed by atoms with Gasteiger partial charge in [0.2, 0.25) is 0 Å². The third-order valence-corrected chi connectivity index (χ3v) is 5.43. The van der Waals surface area contributed by atoms with E-state index >= 15 is 0 Å². The quantitative estimate of drug-likeness (QED) is 0.347. The van der Waals surface area contributed by atoms with Crippen molar-refractivity contribution >= 4 is 11.9 Å². The van der Waals surface area contributed by atoms with Crippen molar-refractivity contribution in [1.29, 1.82) is 0 Å². The number of aliphatic imine (C=N–C) groups is 1. The van der Waals surface area contributed by atoms with E-state index < -0.39 is 0 Å². The minimum Gasteiger partial charge on any atom is -0.488 e. The maximum atomic E-state index is 6.07. The number of nitrogens with two attached hydrogens (primary N) is 1. The van der Waals surface area contributed by atoms with Crippen molar-refractivity contribution in [2.45, 2.75) is 64.6 Å². The zero-order chi connectivity index (χ0) is 20.3. The van der Waals surface area contributed by atoms with Gasteiger partial charge in [-0.15, -0.1) is 0 Å². The van der Waals surface area contributed by atoms with Gasteiger partial charge in [-0.25, -0.2) is 4.98 Å². The van der Waals surface area contributed by atoms with Crippen LogP contribution in [0.4, 0.5) is 0 Å². The first-order chi connectivity index (χ1) is 14.0. The van der Waals surface area contributed by atoms with E-state index in [1.54, 1.807) is 12.4 Å². The van der Waals surface area contributed by atoms with Crippen LogP contribution in [0.1, 0.15) is 63.6 Å². The average molecular weight is 395 g/mol. The summed E-state index contributed by atoms with van der Waals surface area (Å²) < 4.78 is 12.0. The Morgan fingerprint density at radius 2 is 2.17 bits per heavy atom. The van der Waals surface area contributed by atoms with Gasteiger partial charge in [-0.1, -0.05) is 25.7 Å². The lowest BCUT2D eigenvalue weighted by atomic mass is 9.85. The highest BCUT2D eigenvalue weighted by Gasteiger charge is 2.28. The summed E-state index contributed by atoms with van der Waals surface area (Å²) in [7, 11) is 0. The van der Waals surface area contributed by atoms with Crippen LogP contribution in [0, 0.1) is 23.2 Å². The molecule has 0 radical (unpaired) electrons. The first-order valence-electron chi connectivity index (χ1n) is 10.6. The first-order valence-corrected chi connectivity index (χ1v) is 10.6. The molecule has 2 N–H and O–H groups in total. The summed E-state index contributed by atoms with van der Waals surface area (Å²) in [5, 5.41) is 3.91. The summed E-state index contributed by atoms with van der Waals surface area (Å²) in [4.78, 5) is 9.08. The lowest BCUT2D eigenvalue weighted by molar-refractivity contribution is -0.0427. The van der Waals surface area contributed by atoms with Gasteiger partial charge in [-0.2, -0.15) is 5.10 Å². The largest absolute Gasteiger partial charge is 0.488 e. The van der Waals surface area contributed by atoms with E-state index in [-0.39, 0.29) is 17.6 Å². The predicted octanol–water partition coefficient (Wildman–Crippen LogP) is 3.32. The molecule has 1 saturated heterocycles. The second-order valence-electron chi connectivity index (χ2n) is 9.08. The van der Waals surface area contributed by atoms with Gasteiger partial charge < -0.3 is 15.3 Å². The van der Waals surface area contributed by atoms with Crippen molar-refractivity contribution in [2.24, 2.45) is 27.3 Å². The van der Waals surface area contributed by atoms with Gasteiger partial charge in [0, 0.05) is 17.7 Å². The lowest BCUT2D eigenvalue weighted by Gasteiger charge is -2.33. The predicted molar refractivity (Wildman–Crippen MR) is 114 cm³/mol. The number of ether oxygens (including phenoxy) is 2. The Bertz CT molecular complexity index is 847. The summed E-state index contributed by atoms with van der Waals surface area (Å²) in [6.07, 6.45) is 10.5. The van der Waals surface area contributed by atoms with Gasteiger partial charge in [-0.05, 0) is 50.0 Å². The van der Waals surface area contributed by atoms with Crippen LogP contribution in [-0.4, -0.2) is 42.3 Å². The molecule has 2 saturated carbocycles. The van der Waals surface area contributed by atoms with E-state index in [2.05, 4.69) is 40.8 Å². The molecule has 6 nitrogen and oxygen atoms in total. The molecular weight excluding hydrogens is 364 g/mol. The fourth-order valence-electron chi connectivity index (χ4n) is 3.18. The lowest BCUT2D eigenvalue weighted by Crippen LogP contribution is -2.33. The van der Waals surface area contributed by atoms with Crippen LogP contribution in [0.25, 0.3) is 0 Å². The molecule has 1 aliphatic heterocycles.